The summed E-state index contributed by atoms with van der Waals surface area (Å²) in [7, 11) is 0. The van der Waals surface area contributed by atoms with Gasteiger partial charge in [0.2, 0.25) is 0 Å². The fourth-order valence-electron chi connectivity index (χ4n) is 2.59. The van der Waals surface area contributed by atoms with Gasteiger partial charge in [-0.1, -0.05) is 13.8 Å². The summed E-state index contributed by atoms with van der Waals surface area (Å²) in [5, 5.41) is 9.77. The van der Waals surface area contributed by atoms with Crippen molar-refractivity contribution in [3.63, 3.8) is 0 Å². The molecule has 12 heavy (non-hydrogen) atoms. The van der Waals surface area contributed by atoms with Gasteiger partial charge >= 0.3 is 0 Å². The van der Waals surface area contributed by atoms with E-state index in [1.165, 1.54) is 0 Å². The SMILES string of the molecule is CC(C)[C@]12CC[C@](C)(O1)[C@@H](O)C2. The molecular weight excluding hydrogens is 152 g/mol. The van der Waals surface area contributed by atoms with E-state index in [-0.39, 0.29) is 17.3 Å². The van der Waals surface area contributed by atoms with Crippen LogP contribution in [0.1, 0.15) is 40.0 Å². The average Bonchev–Trinajstić information content (AvgIpc) is 2.41. The lowest BCUT2D eigenvalue weighted by Crippen LogP contribution is -2.36. The van der Waals surface area contributed by atoms with Crippen molar-refractivity contribution in [3.8, 4) is 0 Å². The predicted molar refractivity (Wildman–Crippen MR) is 46.9 cm³/mol. The molecule has 0 aliphatic carbocycles. The summed E-state index contributed by atoms with van der Waals surface area (Å²) in [6.45, 7) is 6.41. The van der Waals surface area contributed by atoms with E-state index < -0.39 is 0 Å². The van der Waals surface area contributed by atoms with Crippen LogP contribution in [-0.4, -0.2) is 22.4 Å². The normalized spacial score (nSPS) is 52.2. The van der Waals surface area contributed by atoms with E-state index in [4.69, 9.17) is 4.74 Å². The van der Waals surface area contributed by atoms with Crippen LogP contribution in [0.2, 0.25) is 0 Å². The number of aliphatic hydroxyl groups excluding tert-OH is 1. The van der Waals surface area contributed by atoms with Crippen molar-refractivity contribution in [3.05, 3.63) is 0 Å². The first kappa shape index (κ1) is 8.52. The Morgan fingerprint density at radius 3 is 2.33 bits per heavy atom. The van der Waals surface area contributed by atoms with Crippen LogP contribution in [0.4, 0.5) is 0 Å². The first-order valence-corrected chi connectivity index (χ1v) is 4.87. The topological polar surface area (TPSA) is 29.5 Å². The van der Waals surface area contributed by atoms with Crippen molar-refractivity contribution in [1.82, 2.24) is 0 Å². The number of aliphatic hydroxyl groups is 1. The second kappa shape index (κ2) is 2.24. The molecule has 70 valence electrons. The third-order valence-corrected chi connectivity index (χ3v) is 3.78. The quantitative estimate of drug-likeness (QED) is 0.649. The fourth-order valence-corrected chi connectivity index (χ4v) is 2.59. The molecule has 0 radical (unpaired) electrons. The molecule has 2 rings (SSSR count). The molecule has 2 fully saturated rings. The van der Waals surface area contributed by atoms with Crippen LogP contribution in [0.25, 0.3) is 0 Å². The lowest BCUT2D eigenvalue weighted by molar-refractivity contribution is -0.0801. The number of rotatable bonds is 1. The second-order valence-corrected chi connectivity index (χ2v) is 4.85. The molecular formula is C10H18O2. The predicted octanol–water partition coefficient (Wildman–Crippen LogP) is 1.71. The zero-order valence-electron chi connectivity index (χ0n) is 8.13. The molecule has 0 spiro atoms. The summed E-state index contributed by atoms with van der Waals surface area (Å²) < 4.78 is 5.97. The third-order valence-electron chi connectivity index (χ3n) is 3.78. The monoisotopic (exact) mass is 170 g/mol. The molecule has 3 atom stereocenters. The number of fused-ring (bicyclic) bond motifs is 2. The number of hydrogen-bond acceptors (Lipinski definition) is 2. The van der Waals surface area contributed by atoms with E-state index in [1.54, 1.807) is 0 Å². The average molecular weight is 170 g/mol. The van der Waals surface area contributed by atoms with Crippen molar-refractivity contribution in [2.24, 2.45) is 5.92 Å². The van der Waals surface area contributed by atoms with Crippen LogP contribution in [0.3, 0.4) is 0 Å². The van der Waals surface area contributed by atoms with Crippen LogP contribution < -0.4 is 0 Å². The van der Waals surface area contributed by atoms with Gasteiger partial charge in [-0.25, -0.2) is 0 Å². The Morgan fingerprint density at radius 1 is 1.42 bits per heavy atom. The summed E-state index contributed by atoms with van der Waals surface area (Å²) >= 11 is 0. The first-order chi connectivity index (χ1) is 5.49. The molecule has 0 aromatic rings. The van der Waals surface area contributed by atoms with Crippen LogP contribution in [0.5, 0.6) is 0 Å². The van der Waals surface area contributed by atoms with Crippen LogP contribution in [0, 0.1) is 5.92 Å². The van der Waals surface area contributed by atoms with Gasteiger partial charge in [-0.05, 0) is 25.7 Å². The zero-order chi connectivity index (χ0) is 8.98. The minimum atomic E-state index is -0.242. The van der Waals surface area contributed by atoms with Crippen molar-refractivity contribution < 1.29 is 9.84 Å². The Morgan fingerprint density at radius 2 is 2.08 bits per heavy atom. The smallest absolute Gasteiger partial charge is 0.0922 e. The molecule has 0 unspecified atom stereocenters. The van der Waals surface area contributed by atoms with E-state index in [1.807, 2.05) is 6.92 Å². The molecule has 2 nitrogen and oxygen atoms in total. The van der Waals surface area contributed by atoms with Gasteiger partial charge in [-0.2, -0.15) is 0 Å². The molecule has 0 saturated carbocycles. The van der Waals surface area contributed by atoms with E-state index >= 15 is 0 Å². The van der Waals surface area contributed by atoms with Crippen molar-refractivity contribution in [1.29, 1.82) is 0 Å². The Labute approximate surface area is 73.9 Å². The van der Waals surface area contributed by atoms with Gasteiger partial charge in [-0.3, -0.25) is 0 Å². The summed E-state index contributed by atoms with van der Waals surface area (Å²) in [4.78, 5) is 0. The Kier molecular flexibility index (Phi) is 1.59. The second-order valence-electron chi connectivity index (χ2n) is 4.85. The minimum absolute atomic E-state index is 0.00579. The van der Waals surface area contributed by atoms with Gasteiger partial charge in [0.1, 0.15) is 0 Å². The van der Waals surface area contributed by atoms with E-state index in [0.717, 1.165) is 19.3 Å². The molecule has 1 N–H and O–H groups in total. The van der Waals surface area contributed by atoms with E-state index in [9.17, 15) is 5.11 Å². The summed E-state index contributed by atoms with van der Waals surface area (Å²) in [5.74, 6) is 0.525. The molecule has 2 aliphatic rings. The van der Waals surface area contributed by atoms with Crippen molar-refractivity contribution >= 4 is 0 Å². The highest BCUT2D eigenvalue weighted by atomic mass is 16.6. The van der Waals surface area contributed by atoms with Gasteiger partial charge < -0.3 is 9.84 Å². The maximum Gasteiger partial charge on any atom is 0.0922 e. The van der Waals surface area contributed by atoms with Gasteiger partial charge in [0, 0.05) is 6.42 Å². The standard InChI is InChI=1S/C10H18O2/c1-7(2)10-5-4-9(3,12-10)8(11)6-10/h7-8,11H,4-6H2,1-3H3/t8-,9-,10+/m0/s1. The summed E-state index contributed by atoms with van der Waals surface area (Å²) in [5.41, 5.74) is -0.238. The van der Waals surface area contributed by atoms with E-state index in [2.05, 4.69) is 13.8 Å². The van der Waals surface area contributed by atoms with Crippen molar-refractivity contribution in [2.45, 2.75) is 57.3 Å². The van der Waals surface area contributed by atoms with Crippen LogP contribution in [0.15, 0.2) is 0 Å². The van der Waals surface area contributed by atoms with Crippen LogP contribution >= 0.6 is 0 Å². The summed E-state index contributed by atoms with van der Waals surface area (Å²) in [6, 6.07) is 0. The molecule has 0 aromatic carbocycles. The molecule has 2 saturated heterocycles. The largest absolute Gasteiger partial charge is 0.390 e. The maximum absolute atomic E-state index is 9.77. The molecule has 2 heteroatoms. The zero-order valence-corrected chi connectivity index (χ0v) is 8.13. The van der Waals surface area contributed by atoms with Gasteiger partial charge in [-0.15, -0.1) is 0 Å². The van der Waals surface area contributed by atoms with Gasteiger partial charge in [0.15, 0.2) is 0 Å². The number of ether oxygens (including phenoxy) is 1. The highest BCUT2D eigenvalue weighted by molar-refractivity contribution is 5.09. The maximum atomic E-state index is 9.77. The van der Waals surface area contributed by atoms with Gasteiger partial charge in [0.25, 0.3) is 0 Å². The van der Waals surface area contributed by atoms with E-state index in [0.29, 0.717) is 5.92 Å². The third kappa shape index (κ3) is 0.882. The highest BCUT2D eigenvalue weighted by Gasteiger charge is 2.59. The molecule has 0 amide bonds. The first-order valence-electron chi connectivity index (χ1n) is 4.87. The lowest BCUT2D eigenvalue weighted by atomic mass is 9.76. The Bertz CT molecular complexity index is 202. The lowest BCUT2D eigenvalue weighted by Gasteiger charge is -2.29. The molecule has 0 aromatic heterocycles. The van der Waals surface area contributed by atoms with Crippen molar-refractivity contribution in [2.75, 3.05) is 0 Å². The van der Waals surface area contributed by atoms with Gasteiger partial charge in [0.05, 0.1) is 17.3 Å². The molecule has 2 heterocycles. The molecule has 2 aliphatic heterocycles. The summed E-state index contributed by atoms with van der Waals surface area (Å²) in [6.07, 6.45) is 2.74. The molecule has 2 bridgehead atoms. The van der Waals surface area contributed by atoms with Crippen LogP contribution in [-0.2, 0) is 4.74 Å². The Balaban J connectivity index is 2.25. The fraction of sp³-hybridized carbons (Fsp3) is 1.00. The highest BCUT2D eigenvalue weighted by Crippen LogP contribution is 2.53. The Hall–Kier alpha value is -0.0800. The minimum Gasteiger partial charge on any atom is -0.390 e. The number of hydrogen-bond donors (Lipinski definition) is 1.